The molecule has 2 aliphatic rings. The monoisotopic (exact) mass is 476 g/mol. The SMILES string of the molecule is O=C1[C@@H](N2CCc3ccc(Cl)cc32)CCN1c1ccc(S(=O)(=O)Nc2nccs2)cc1.[HH]. The number of fused-ring (bicyclic) bond motifs is 1. The zero-order chi connectivity index (χ0) is 21.6. The first-order valence-electron chi connectivity index (χ1n) is 9.81. The summed E-state index contributed by atoms with van der Waals surface area (Å²) in [6, 6.07) is 12.0. The van der Waals surface area contributed by atoms with Gasteiger partial charge in [0, 0.05) is 42.5 Å². The number of halogens is 1. The van der Waals surface area contributed by atoms with E-state index < -0.39 is 10.0 Å². The van der Waals surface area contributed by atoms with Crippen LogP contribution in [0.2, 0.25) is 5.02 Å². The number of thiazole rings is 1. The van der Waals surface area contributed by atoms with E-state index in [-0.39, 0.29) is 18.3 Å². The lowest BCUT2D eigenvalue weighted by molar-refractivity contribution is -0.118. The molecule has 0 bridgehead atoms. The molecular weight excluding hydrogens is 456 g/mol. The van der Waals surface area contributed by atoms with E-state index in [1.165, 1.54) is 35.2 Å². The first-order chi connectivity index (χ1) is 14.9. The molecule has 5 rings (SSSR count). The predicted octanol–water partition coefficient (Wildman–Crippen LogP) is 4.01. The van der Waals surface area contributed by atoms with E-state index >= 15 is 0 Å². The molecule has 1 saturated heterocycles. The average Bonchev–Trinajstić information content (AvgIpc) is 3.48. The van der Waals surface area contributed by atoms with Gasteiger partial charge >= 0.3 is 0 Å². The van der Waals surface area contributed by atoms with Crippen LogP contribution >= 0.6 is 22.9 Å². The van der Waals surface area contributed by atoms with Crippen LogP contribution in [0.1, 0.15) is 13.4 Å². The van der Waals surface area contributed by atoms with Gasteiger partial charge in [-0.15, -0.1) is 11.3 Å². The largest absolute Gasteiger partial charge is 0.359 e. The zero-order valence-corrected chi connectivity index (χ0v) is 18.8. The van der Waals surface area contributed by atoms with Crippen molar-refractivity contribution in [2.24, 2.45) is 0 Å². The van der Waals surface area contributed by atoms with Gasteiger partial charge in [0.2, 0.25) is 5.91 Å². The second kappa shape index (κ2) is 7.81. The minimum absolute atomic E-state index is 0. The normalized spacial score (nSPS) is 18.5. The summed E-state index contributed by atoms with van der Waals surface area (Å²) in [7, 11) is -3.72. The minimum atomic E-state index is -3.72. The number of amides is 1. The fourth-order valence-electron chi connectivity index (χ4n) is 4.16. The van der Waals surface area contributed by atoms with Gasteiger partial charge in [-0.25, -0.2) is 13.4 Å². The van der Waals surface area contributed by atoms with Crippen LogP contribution < -0.4 is 14.5 Å². The number of hydrogen-bond donors (Lipinski definition) is 1. The van der Waals surface area contributed by atoms with Gasteiger partial charge in [-0.3, -0.25) is 9.52 Å². The van der Waals surface area contributed by atoms with Crippen molar-refractivity contribution >= 4 is 55.4 Å². The molecule has 0 radical (unpaired) electrons. The Bertz CT molecular complexity index is 1240. The molecule has 3 aromatic rings. The molecule has 1 fully saturated rings. The van der Waals surface area contributed by atoms with Gasteiger partial charge in [0.1, 0.15) is 6.04 Å². The molecule has 2 aromatic carbocycles. The van der Waals surface area contributed by atoms with E-state index in [1.807, 2.05) is 18.2 Å². The highest BCUT2D eigenvalue weighted by Gasteiger charge is 2.39. The van der Waals surface area contributed by atoms with Crippen molar-refractivity contribution in [2.75, 3.05) is 27.6 Å². The van der Waals surface area contributed by atoms with E-state index in [1.54, 1.807) is 22.4 Å². The number of nitrogens with zero attached hydrogens (tertiary/aromatic N) is 3. The van der Waals surface area contributed by atoms with Crippen LogP contribution in [0.25, 0.3) is 0 Å². The number of nitrogens with one attached hydrogen (secondary N) is 1. The Kier molecular flexibility index (Phi) is 5.11. The average molecular weight is 477 g/mol. The number of sulfonamides is 1. The molecule has 3 heterocycles. The molecule has 0 unspecified atom stereocenters. The third kappa shape index (κ3) is 3.77. The maximum Gasteiger partial charge on any atom is 0.263 e. The van der Waals surface area contributed by atoms with Crippen molar-refractivity contribution in [1.82, 2.24) is 4.98 Å². The standard InChI is InChI=1S/C21H19ClN4O3S2.H2/c22-15-2-1-14-7-10-26(19(14)13-15)18-8-11-25(20(18)27)16-3-5-17(6-4-16)31(28,29)24-21-23-9-12-30-21;/h1-6,9,12-13,18H,7-8,10-11H2,(H,23,24);1H/t18-;/m0./s1. The van der Waals surface area contributed by atoms with E-state index in [2.05, 4.69) is 14.6 Å². The number of aromatic nitrogens is 1. The molecule has 0 spiro atoms. The van der Waals surface area contributed by atoms with Crippen molar-refractivity contribution in [3.8, 4) is 0 Å². The van der Waals surface area contributed by atoms with Gasteiger partial charge in [-0.05, 0) is 54.8 Å². The highest BCUT2D eigenvalue weighted by Crippen LogP contribution is 2.36. The van der Waals surface area contributed by atoms with Crippen molar-refractivity contribution < 1.29 is 14.6 Å². The maximum absolute atomic E-state index is 13.2. The number of benzene rings is 2. The molecule has 1 amide bonds. The molecule has 31 heavy (non-hydrogen) atoms. The second-order valence-corrected chi connectivity index (χ2v) is 10.5. The highest BCUT2D eigenvalue weighted by atomic mass is 35.5. The van der Waals surface area contributed by atoms with E-state index in [0.717, 1.165) is 18.7 Å². The van der Waals surface area contributed by atoms with Crippen LogP contribution in [-0.2, 0) is 21.2 Å². The summed E-state index contributed by atoms with van der Waals surface area (Å²) < 4.78 is 27.5. The third-order valence-corrected chi connectivity index (χ3v) is 8.05. The molecule has 0 saturated carbocycles. The van der Waals surface area contributed by atoms with Gasteiger partial charge in [0.25, 0.3) is 10.0 Å². The van der Waals surface area contributed by atoms with Crippen LogP contribution in [0.15, 0.2) is 58.9 Å². The first-order valence-corrected chi connectivity index (χ1v) is 12.6. The van der Waals surface area contributed by atoms with Crippen LogP contribution in [0.5, 0.6) is 0 Å². The van der Waals surface area contributed by atoms with Gasteiger partial charge in [-0.1, -0.05) is 17.7 Å². The molecule has 7 nitrogen and oxygen atoms in total. The molecule has 162 valence electrons. The Labute approximate surface area is 190 Å². The fourth-order valence-corrected chi connectivity index (χ4v) is 6.12. The van der Waals surface area contributed by atoms with Crippen molar-refractivity contribution in [3.05, 3.63) is 64.6 Å². The van der Waals surface area contributed by atoms with Gasteiger partial charge in [0.05, 0.1) is 4.90 Å². The summed E-state index contributed by atoms with van der Waals surface area (Å²) >= 11 is 7.38. The number of rotatable bonds is 5. The number of anilines is 3. The first kappa shape index (κ1) is 20.3. The van der Waals surface area contributed by atoms with E-state index in [0.29, 0.717) is 28.8 Å². The lowest BCUT2D eigenvalue weighted by Gasteiger charge is -2.26. The lowest BCUT2D eigenvalue weighted by Crippen LogP contribution is -2.41. The molecule has 0 aliphatic carbocycles. The zero-order valence-electron chi connectivity index (χ0n) is 16.4. The fraction of sp³-hybridized carbons (Fsp3) is 0.238. The Balaban J connectivity index is 0.00000245. The molecule has 10 heteroatoms. The Hall–Kier alpha value is -2.62. The topological polar surface area (TPSA) is 82.6 Å². The molecule has 1 N–H and O–H groups in total. The van der Waals surface area contributed by atoms with Crippen LogP contribution in [0, 0.1) is 0 Å². The van der Waals surface area contributed by atoms with Gasteiger partial charge < -0.3 is 9.80 Å². The van der Waals surface area contributed by atoms with Gasteiger partial charge in [0.15, 0.2) is 5.13 Å². The maximum atomic E-state index is 13.2. The Morgan fingerprint density at radius 2 is 1.97 bits per heavy atom. The summed E-state index contributed by atoms with van der Waals surface area (Å²) in [6.07, 6.45) is 3.14. The Morgan fingerprint density at radius 3 is 2.71 bits per heavy atom. The highest BCUT2D eigenvalue weighted by molar-refractivity contribution is 7.93. The van der Waals surface area contributed by atoms with Crippen LogP contribution in [-0.4, -0.2) is 38.4 Å². The van der Waals surface area contributed by atoms with Crippen molar-refractivity contribution in [3.63, 3.8) is 0 Å². The number of hydrogen-bond acceptors (Lipinski definition) is 6. The summed E-state index contributed by atoms with van der Waals surface area (Å²) in [4.78, 5) is 21.1. The predicted molar refractivity (Wildman–Crippen MR) is 125 cm³/mol. The molecular formula is C21H21ClN4O3S2. The molecule has 2 aliphatic heterocycles. The van der Waals surface area contributed by atoms with Crippen molar-refractivity contribution in [2.45, 2.75) is 23.8 Å². The molecule has 1 atom stereocenters. The van der Waals surface area contributed by atoms with Crippen LogP contribution in [0.3, 0.4) is 0 Å². The molecule has 1 aromatic heterocycles. The van der Waals surface area contributed by atoms with E-state index in [9.17, 15) is 13.2 Å². The quantitative estimate of drug-likeness (QED) is 0.601. The third-order valence-electron chi connectivity index (χ3n) is 5.64. The summed E-state index contributed by atoms with van der Waals surface area (Å²) in [5.41, 5.74) is 2.92. The second-order valence-electron chi connectivity index (χ2n) is 7.45. The van der Waals surface area contributed by atoms with Crippen molar-refractivity contribution in [1.29, 1.82) is 0 Å². The summed E-state index contributed by atoms with van der Waals surface area (Å²) in [5, 5.41) is 2.67. The van der Waals surface area contributed by atoms with E-state index in [4.69, 9.17) is 11.6 Å². The van der Waals surface area contributed by atoms with Gasteiger partial charge in [-0.2, -0.15) is 0 Å². The Morgan fingerprint density at radius 1 is 1.16 bits per heavy atom. The number of carbonyl (C=O) groups excluding carboxylic acids is 1. The smallest absolute Gasteiger partial charge is 0.263 e. The minimum Gasteiger partial charge on any atom is -0.359 e. The lowest BCUT2D eigenvalue weighted by atomic mass is 10.1. The number of carbonyl (C=O) groups is 1. The summed E-state index contributed by atoms with van der Waals surface area (Å²) in [5.74, 6) is 0.0179. The summed E-state index contributed by atoms with van der Waals surface area (Å²) in [6.45, 7) is 1.37. The van der Waals surface area contributed by atoms with Crippen LogP contribution in [0.4, 0.5) is 16.5 Å².